The fraction of sp³-hybridized carbons (Fsp3) is 0.0667. The van der Waals surface area contributed by atoms with Gasteiger partial charge in [-0.25, -0.2) is 0 Å². The summed E-state index contributed by atoms with van der Waals surface area (Å²) in [5.74, 6) is 0.582. The first kappa shape index (κ1) is 10.7. The maximum atomic E-state index is 12.4. The highest BCUT2D eigenvalue weighted by molar-refractivity contribution is 6.16. The van der Waals surface area contributed by atoms with Gasteiger partial charge in [-0.1, -0.05) is 24.3 Å². The van der Waals surface area contributed by atoms with Crippen molar-refractivity contribution in [1.82, 2.24) is 4.98 Å². The first-order valence-corrected chi connectivity index (χ1v) is 5.69. The summed E-state index contributed by atoms with van der Waals surface area (Å²) in [5.41, 5.74) is 1.20. The largest absolute Gasteiger partial charge is 0.469 e. The highest BCUT2D eigenvalue weighted by Crippen LogP contribution is 2.21. The average molecular weight is 237 g/mol. The first-order valence-electron chi connectivity index (χ1n) is 5.69. The molecule has 0 N–H and O–H groups in total. The van der Waals surface area contributed by atoms with E-state index in [9.17, 15) is 4.79 Å². The van der Waals surface area contributed by atoms with E-state index >= 15 is 0 Å². The second-order valence-corrected chi connectivity index (χ2v) is 4.13. The number of ketones is 1. The number of fused-ring (bicyclic) bond motifs is 1. The van der Waals surface area contributed by atoms with E-state index in [1.807, 2.05) is 24.3 Å². The Kier molecular flexibility index (Phi) is 2.45. The number of carbonyl (C=O) groups is 1. The maximum absolute atomic E-state index is 12.4. The lowest BCUT2D eigenvalue weighted by molar-refractivity contribution is 0.103. The Morgan fingerprint density at radius 1 is 1.11 bits per heavy atom. The minimum absolute atomic E-state index is 0.0504. The number of aryl methyl sites for hydroxylation is 1. The molecule has 2 aromatic heterocycles. The van der Waals surface area contributed by atoms with Crippen molar-refractivity contribution < 1.29 is 9.21 Å². The van der Waals surface area contributed by atoms with E-state index in [1.165, 1.54) is 6.26 Å². The number of furan rings is 1. The van der Waals surface area contributed by atoms with Gasteiger partial charge in [-0.3, -0.25) is 9.78 Å². The molecule has 2 heterocycles. The van der Waals surface area contributed by atoms with Gasteiger partial charge in [0, 0.05) is 23.3 Å². The number of pyridine rings is 1. The van der Waals surface area contributed by atoms with E-state index in [0.717, 1.165) is 10.8 Å². The fourth-order valence-corrected chi connectivity index (χ4v) is 2.06. The van der Waals surface area contributed by atoms with Crippen LogP contribution in [0.5, 0.6) is 0 Å². The summed E-state index contributed by atoms with van der Waals surface area (Å²) in [6, 6.07) is 9.42. The van der Waals surface area contributed by atoms with Gasteiger partial charge in [0.05, 0.1) is 11.8 Å². The number of hydrogen-bond acceptors (Lipinski definition) is 3. The van der Waals surface area contributed by atoms with Gasteiger partial charge in [-0.05, 0) is 18.4 Å². The van der Waals surface area contributed by atoms with Crippen molar-refractivity contribution in [2.75, 3.05) is 0 Å². The third kappa shape index (κ3) is 1.61. The lowest BCUT2D eigenvalue weighted by Crippen LogP contribution is -2.03. The Hall–Kier alpha value is -2.42. The molecule has 0 atom stereocenters. The zero-order valence-corrected chi connectivity index (χ0v) is 9.88. The molecule has 88 valence electrons. The van der Waals surface area contributed by atoms with Crippen molar-refractivity contribution in [3.05, 3.63) is 65.9 Å². The van der Waals surface area contributed by atoms with Gasteiger partial charge in [0.25, 0.3) is 0 Å². The van der Waals surface area contributed by atoms with Crippen LogP contribution in [0.25, 0.3) is 10.8 Å². The summed E-state index contributed by atoms with van der Waals surface area (Å²) in [4.78, 5) is 16.6. The van der Waals surface area contributed by atoms with Crippen LogP contribution in [-0.4, -0.2) is 10.8 Å². The number of rotatable bonds is 2. The fourth-order valence-electron chi connectivity index (χ4n) is 2.06. The van der Waals surface area contributed by atoms with Crippen LogP contribution in [0.1, 0.15) is 21.7 Å². The van der Waals surface area contributed by atoms with Crippen LogP contribution in [0, 0.1) is 6.92 Å². The molecule has 0 spiro atoms. The van der Waals surface area contributed by atoms with Gasteiger partial charge in [-0.15, -0.1) is 0 Å². The Labute approximate surface area is 104 Å². The normalized spacial score (nSPS) is 10.7. The van der Waals surface area contributed by atoms with Gasteiger partial charge in [0.1, 0.15) is 5.76 Å². The number of benzene rings is 1. The SMILES string of the molecule is Cc1occc1C(=O)c1cncc2ccccc12. The van der Waals surface area contributed by atoms with E-state index in [4.69, 9.17) is 4.42 Å². The zero-order chi connectivity index (χ0) is 12.5. The summed E-state index contributed by atoms with van der Waals surface area (Å²) in [6.07, 6.45) is 4.90. The lowest BCUT2D eigenvalue weighted by Gasteiger charge is -2.04. The van der Waals surface area contributed by atoms with Crippen molar-refractivity contribution in [1.29, 1.82) is 0 Å². The van der Waals surface area contributed by atoms with Gasteiger partial charge >= 0.3 is 0 Å². The van der Waals surface area contributed by atoms with E-state index < -0.39 is 0 Å². The van der Waals surface area contributed by atoms with Crippen molar-refractivity contribution in [3.8, 4) is 0 Å². The molecule has 0 aliphatic carbocycles. The van der Waals surface area contributed by atoms with E-state index in [1.54, 1.807) is 25.4 Å². The van der Waals surface area contributed by atoms with Crippen LogP contribution in [0.15, 0.2) is 53.4 Å². The maximum Gasteiger partial charge on any atom is 0.198 e. The summed E-state index contributed by atoms with van der Waals surface area (Å²) in [7, 11) is 0. The molecule has 3 heteroatoms. The monoisotopic (exact) mass is 237 g/mol. The van der Waals surface area contributed by atoms with Crippen LogP contribution >= 0.6 is 0 Å². The van der Waals surface area contributed by atoms with Crippen LogP contribution in [0.3, 0.4) is 0 Å². The molecule has 3 aromatic rings. The van der Waals surface area contributed by atoms with E-state index in [0.29, 0.717) is 16.9 Å². The highest BCUT2D eigenvalue weighted by atomic mass is 16.3. The van der Waals surface area contributed by atoms with E-state index in [-0.39, 0.29) is 5.78 Å². The predicted octanol–water partition coefficient (Wildman–Crippen LogP) is 3.37. The Morgan fingerprint density at radius 2 is 1.94 bits per heavy atom. The van der Waals surface area contributed by atoms with Crippen LogP contribution in [0.2, 0.25) is 0 Å². The predicted molar refractivity (Wildman–Crippen MR) is 68.6 cm³/mol. The second-order valence-electron chi connectivity index (χ2n) is 4.13. The third-order valence-corrected chi connectivity index (χ3v) is 3.02. The highest BCUT2D eigenvalue weighted by Gasteiger charge is 2.16. The zero-order valence-electron chi connectivity index (χ0n) is 9.88. The molecule has 0 bridgehead atoms. The molecule has 0 saturated heterocycles. The molecule has 0 aliphatic heterocycles. The third-order valence-electron chi connectivity index (χ3n) is 3.02. The summed E-state index contributed by atoms with van der Waals surface area (Å²) < 4.78 is 5.18. The molecule has 0 fully saturated rings. The minimum Gasteiger partial charge on any atom is -0.469 e. The molecule has 3 nitrogen and oxygen atoms in total. The van der Waals surface area contributed by atoms with Crippen LogP contribution in [0.4, 0.5) is 0 Å². The Morgan fingerprint density at radius 3 is 2.72 bits per heavy atom. The number of aromatic nitrogens is 1. The minimum atomic E-state index is -0.0504. The molecule has 3 rings (SSSR count). The smallest absolute Gasteiger partial charge is 0.198 e. The Bertz CT molecular complexity index is 723. The van der Waals surface area contributed by atoms with Crippen molar-refractivity contribution in [2.24, 2.45) is 0 Å². The molecule has 0 saturated carbocycles. The standard InChI is InChI=1S/C15H11NO2/c1-10-12(6-7-18-10)15(17)14-9-16-8-11-4-2-3-5-13(11)14/h2-9H,1H3. The van der Waals surface area contributed by atoms with Crippen LogP contribution in [-0.2, 0) is 0 Å². The summed E-state index contributed by atoms with van der Waals surface area (Å²) in [5, 5.41) is 1.88. The van der Waals surface area contributed by atoms with E-state index in [2.05, 4.69) is 4.98 Å². The van der Waals surface area contributed by atoms with Crippen molar-refractivity contribution in [2.45, 2.75) is 6.92 Å². The number of carbonyl (C=O) groups excluding carboxylic acids is 1. The van der Waals surface area contributed by atoms with Gasteiger partial charge in [0.15, 0.2) is 5.78 Å². The number of nitrogens with zero attached hydrogens (tertiary/aromatic N) is 1. The quantitative estimate of drug-likeness (QED) is 0.642. The molecular formula is C15H11NO2. The molecule has 0 aliphatic rings. The summed E-state index contributed by atoms with van der Waals surface area (Å²) in [6.45, 7) is 1.78. The molecule has 0 radical (unpaired) electrons. The molecule has 0 unspecified atom stereocenters. The molecule has 1 aromatic carbocycles. The van der Waals surface area contributed by atoms with Crippen molar-refractivity contribution in [3.63, 3.8) is 0 Å². The lowest BCUT2D eigenvalue weighted by atomic mass is 10.0. The van der Waals surface area contributed by atoms with Gasteiger partial charge in [0.2, 0.25) is 0 Å². The van der Waals surface area contributed by atoms with Gasteiger partial charge < -0.3 is 4.42 Å². The van der Waals surface area contributed by atoms with Crippen LogP contribution < -0.4 is 0 Å². The second kappa shape index (κ2) is 4.11. The molecule has 18 heavy (non-hydrogen) atoms. The molecule has 0 amide bonds. The Balaban J connectivity index is 2.21. The van der Waals surface area contributed by atoms with Gasteiger partial charge in [-0.2, -0.15) is 0 Å². The summed E-state index contributed by atoms with van der Waals surface area (Å²) >= 11 is 0. The topological polar surface area (TPSA) is 43.1 Å². The first-order chi connectivity index (χ1) is 8.77. The average Bonchev–Trinajstić information content (AvgIpc) is 2.83. The van der Waals surface area contributed by atoms with Crippen molar-refractivity contribution >= 4 is 16.6 Å². The number of hydrogen-bond donors (Lipinski definition) is 0. The molecular weight excluding hydrogens is 226 g/mol.